The van der Waals surface area contributed by atoms with Crippen LogP contribution in [0.3, 0.4) is 0 Å². The Balaban J connectivity index is 1.95. The third-order valence-electron chi connectivity index (χ3n) is 2.58. The van der Waals surface area contributed by atoms with Crippen molar-refractivity contribution in [3.05, 3.63) is 50.4 Å². The van der Waals surface area contributed by atoms with Crippen molar-refractivity contribution < 1.29 is 0 Å². The van der Waals surface area contributed by atoms with E-state index in [2.05, 4.69) is 58.3 Å². The number of rotatable bonds is 4. The van der Waals surface area contributed by atoms with E-state index in [1.165, 1.54) is 10.4 Å². The maximum atomic E-state index is 4.35. The number of nitrogens with one attached hydrogen (secondary N) is 1. The fraction of sp³-hybridized carbons (Fsp3) is 0.308. The molecule has 1 heterocycles. The zero-order valence-electron chi connectivity index (χ0n) is 9.90. The summed E-state index contributed by atoms with van der Waals surface area (Å²) in [6.07, 6.45) is 1.92. The van der Waals surface area contributed by atoms with Crippen LogP contribution < -0.4 is 5.32 Å². The molecular formula is C13H15BrN2S. The summed E-state index contributed by atoms with van der Waals surface area (Å²) in [6, 6.07) is 8.71. The van der Waals surface area contributed by atoms with Crippen molar-refractivity contribution in [2.24, 2.45) is 0 Å². The summed E-state index contributed by atoms with van der Waals surface area (Å²) in [7, 11) is 0. The van der Waals surface area contributed by atoms with Gasteiger partial charge in [0.15, 0.2) is 0 Å². The third-order valence-corrected chi connectivity index (χ3v) is 3.98. The second-order valence-electron chi connectivity index (χ2n) is 4.02. The highest BCUT2D eigenvalue weighted by Crippen LogP contribution is 2.19. The van der Waals surface area contributed by atoms with Gasteiger partial charge in [-0.15, -0.1) is 11.3 Å². The lowest BCUT2D eigenvalue weighted by atomic mass is 10.1. The van der Waals surface area contributed by atoms with Gasteiger partial charge in [0.25, 0.3) is 0 Å². The Bertz CT molecular complexity index is 496. The van der Waals surface area contributed by atoms with Crippen LogP contribution in [0.2, 0.25) is 0 Å². The van der Waals surface area contributed by atoms with Crippen molar-refractivity contribution in [3.8, 4) is 0 Å². The van der Waals surface area contributed by atoms with Crippen molar-refractivity contribution >= 4 is 27.3 Å². The number of nitrogens with zero attached hydrogens (tertiary/aromatic N) is 1. The molecule has 90 valence electrons. The largest absolute Gasteiger partial charge is 0.304 e. The quantitative estimate of drug-likeness (QED) is 0.921. The molecule has 2 aromatic rings. The molecule has 1 aromatic carbocycles. The van der Waals surface area contributed by atoms with Crippen molar-refractivity contribution in [2.75, 3.05) is 0 Å². The summed E-state index contributed by atoms with van der Waals surface area (Å²) >= 11 is 5.24. The summed E-state index contributed by atoms with van der Waals surface area (Å²) in [5.74, 6) is 0. The number of hydrogen-bond donors (Lipinski definition) is 1. The molecule has 0 aliphatic heterocycles. The Morgan fingerprint density at radius 3 is 2.94 bits per heavy atom. The minimum absolute atomic E-state index is 0.330. The molecule has 4 heteroatoms. The summed E-state index contributed by atoms with van der Waals surface area (Å²) < 4.78 is 1.12. The van der Waals surface area contributed by atoms with Crippen LogP contribution in [0.15, 0.2) is 34.9 Å². The van der Waals surface area contributed by atoms with Crippen molar-refractivity contribution in [3.63, 3.8) is 0 Å². The average Bonchev–Trinajstić information content (AvgIpc) is 2.72. The molecular weight excluding hydrogens is 296 g/mol. The normalized spacial score (nSPS) is 12.6. The molecule has 0 aliphatic rings. The van der Waals surface area contributed by atoms with Gasteiger partial charge in [0.1, 0.15) is 5.01 Å². The smallest absolute Gasteiger partial charge is 0.107 e. The van der Waals surface area contributed by atoms with E-state index in [1.807, 2.05) is 12.3 Å². The van der Waals surface area contributed by atoms with Crippen LogP contribution in [0.4, 0.5) is 0 Å². The van der Waals surface area contributed by atoms with E-state index in [0.717, 1.165) is 16.0 Å². The number of hydrogen-bond acceptors (Lipinski definition) is 3. The molecule has 1 unspecified atom stereocenters. The number of halogens is 1. The Morgan fingerprint density at radius 2 is 2.29 bits per heavy atom. The van der Waals surface area contributed by atoms with Crippen molar-refractivity contribution in [1.82, 2.24) is 10.3 Å². The minimum Gasteiger partial charge on any atom is -0.304 e. The first-order valence-electron chi connectivity index (χ1n) is 5.55. The van der Waals surface area contributed by atoms with Gasteiger partial charge in [0.05, 0.1) is 0 Å². The van der Waals surface area contributed by atoms with Crippen LogP contribution >= 0.6 is 27.3 Å². The topological polar surface area (TPSA) is 24.9 Å². The van der Waals surface area contributed by atoms with Gasteiger partial charge in [-0.05, 0) is 31.5 Å². The molecule has 1 aromatic heterocycles. The van der Waals surface area contributed by atoms with Crippen LogP contribution in [-0.4, -0.2) is 4.98 Å². The summed E-state index contributed by atoms with van der Waals surface area (Å²) in [5.41, 5.74) is 1.28. The lowest BCUT2D eigenvalue weighted by molar-refractivity contribution is 0.573. The van der Waals surface area contributed by atoms with Crippen LogP contribution in [0, 0.1) is 6.92 Å². The molecule has 0 aliphatic carbocycles. The van der Waals surface area contributed by atoms with Gasteiger partial charge in [-0.2, -0.15) is 0 Å². The second kappa shape index (κ2) is 5.76. The first kappa shape index (κ1) is 12.7. The molecule has 0 radical (unpaired) electrons. The molecule has 0 amide bonds. The first-order valence-corrected chi connectivity index (χ1v) is 7.16. The van der Waals surface area contributed by atoms with E-state index in [-0.39, 0.29) is 0 Å². The standard InChI is InChI=1S/C13H15BrN2S/c1-9-7-16-13(17-9)8-15-10(2)11-4-3-5-12(14)6-11/h3-7,10,15H,8H2,1-2H3. The molecule has 0 saturated heterocycles. The molecule has 17 heavy (non-hydrogen) atoms. The van der Waals surface area contributed by atoms with Gasteiger partial charge in [-0.25, -0.2) is 4.98 Å². The van der Waals surface area contributed by atoms with Gasteiger partial charge in [-0.3, -0.25) is 0 Å². The van der Waals surface area contributed by atoms with E-state index in [0.29, 0.717) is 6.04 Å². The maximum Gasteiger partial charge on any atom is 0.107 e. The van der Waals surface area contributed by atoms with Gasteiger partial charge in [0, 0.05) is 28.1 Å². The maximum absolute atomic E-state index is 4.35. The molecule has 1 atom stereocenters. The van der Waals surface area contributed by atoms with Crippen LogP contribution in [0.5, 0.6) is 0 Å². The van der Waals surface area contributed by atoms with E-state index in [4.69, 9.17) is 0 Å². The molecule has 0 saturated carbocycles. The lowest BCUT2D eigenvalue weighted by Gasteiger charge is -2.13. The Hall–Kier alpha value is -0.710. The van der Waals surface area contributed by atoms with Crippen LogP contribution in [0.25, 0.3) is 0 Å². The molecule has 0 fully saturated rings. The predicted molar refractivity (Wildman–Crippen MR) is 76.2 cm³/mol. The zero-order chi connectivity index (χ0) is 12.3. The SMILES string of the molecule is Cc1cnc(CNC(C)c2cccc(Br)c2)s1. The van der Waals surface area contributed by atoms with Gasteiger partial charge in [-0.1, -0.05) is 28.1 Å². The fourth-order valence-corrected chi connectivity index (χ4v) is 2.77. The molecule has 2 rings (SSSR count). The summed E-state index contributed by atoms with van der Waals surface area (Å²) in [5, 5.41) is 4.63. The molecule has 1 N–H and O–H groups in total. The van der Waals surface area contributed by atoms with Gasteiger partial charge >= 0.3 is 0 Å². The summed E-state index contributed by atoms with van der Waals surface area (Å²) in [6.45, 7) is 5.08. The van der Waals surface area contributed by atoms with Gasteiger partial charge in [0.2, 0.25) is 0 Å². The monoisotopic (exact) mass is 310 g/mol. The van der Waals surface area contributed by atoms with Crippen LogP contribution in [0.1, 0.15) is 28.4 Å². The Labute approximate surface area is 114 Å². The summed E-state index contributed by atoms with van der Waals surface area (Å²) in [4.78, 5) is 5.61. The second-order valence-corrected chi connectivity index (χ2v) is 6.26. The number of thiazole rings is 1. The Morgan fingerprint density at radius 1 is 1.47 bits per heavy atom. The number of aromatic nitrogens is 1. The highest BCUT2D eigenvalue weighted by molar-refractivity contribution is 9.10. The van der Waals surface area contributed by atoms with E-state index >= 15 is 0 Å². The molecule has 0 spiro atoms. The molecule has 2 nitrogen and oxygen atoms in total. The third kappa shape index (κ3) is 3.63. The highest BCUT2D eigenvalue weighted by Gasteiger charge is 2.06. The lowest BCUT2D eigenvalue weighted by Crippen LogP contribution is -2.17. The predicted octanol–water partition coefficient (Wildman–Crippen LogP) is 4.06. The fourth-order valence-electron chi connectivity index (χ4n) is 1.62. The number of benzene rings is 1. The van der Waals surface area contributed by atoms with E-state index in [9.17, 15) is 0 Å². The van der Waals surface area contributed by atoms with Crippen molar-refractivity contribution in [1.29, 1.82) is 0 Å². The zero-order valence-corrected chi connectivity index (χ0v) is 12.3. The van der Waals surface area contributed by atoms with Gasteiger partial charge < -0.3 is 5.32 Å². The van der Waals surface area contributed by atoms with E-state index in [1.54, 1.807) is 11.3 Å². The van der Waals surface area contributed by atoms with Crippen molar-refractivity contribution in [2.45, 2.75) is 26.4 Å². The number of aryl methyl sites for hydroxylation is 1. The molecule has 0 bridgehead atoms. The Kier molecular flexibility index (Phi) is 4.31. The van der Waals surface area contributed by atoms with E-state index < -0.39 is 0 Å². The average molecular weight is 311 g/mol. The first-order chi connectivity index (χ1) is 8.15. The van der Waals surface area contributed by atoms with Crippen LogP contribution in [-0.2, 0) is 6.54 Å². The minimum atomic E-state index is 0.330. The highest BCUT2D eigenvalue weighted by atomic mass is 79.9.